The van der Waals surface area contributed by atoms with E-state index in [0.29, 0.717) is 6.42 Å². The number of hydrogen-bond acceptors (Lipinski definition) is 2. The van der Waals surface area contributed by atoms with Crippen molar-refractivity contribution in [3.05, 3.63) is 22.3 Å². The average Bonchev–Trinajstić information content (AvgIpc) is 2.40. The van der Waals surface area contributed by atoms with Gasteiger partial charge >= 0.3 is 0 Å². The van der Waals surface area contributed by atoms with Crippen molar-refractivity contribution in [3.8, 4) is 0 Å². The van der Waals surface area contributed by atoms with Crippen LogP contribution in [0.15, 0.2) is 22.3 Å². The highest BCUT2D eigenvalue weighted by atomic mass is 127. The lowest BCUT2D eigenvalue weighted by molar-refractivity contribution is 0.100. The van der Waals surface area contributed by atoms with Crippen molar-refractivity contribution in [3.63, 3.8) is 0 Å². The molecule has 1 rings (SSSR count). The molecule has 4 heteroatoms. The summed E-state index contributed by atoms with van der Waals surface area (Å²) in [6.07, 6.45) is 4.26. The largest absolute Gasteiger partial charge is 0.410 e. The molecule has 1 aliphatic rings. The highest BCUT2D eigenvalue weighted by molar-refractivity contribution is 14.1. The lowest BCUT2D eigenvalue weighted by Gasteiger charge is -2.38. The number of hydrogen-bond donors (Lipinski definition) is 1. The van der Waals surface area contributed by atoms with Gasteiger partial charge in [0.05, 0.1) is 6.10 Å². The third kappa shape index (κ3) is 3.22. The molecule has 2 atom stereocenters. The van der Waals surface area contributed by atoms with Crippen LogP contribution in [-0.4, -0.2) is 25.1 Å². The highest BCUT2D eigenvalue weighted by Gasteiger charge is 2.43. The van der Waals surface area contributed by atoms with Crippen molar-refractivity contribution in [2.45, 2.75) is 57.0 Å². The summed E-state index contributed by atoms with van der Waals surface area (Å²) in [5.74, 6) is 0. The Labute approximate surface area is 119 Å². The van der Waals surface area contributed by atoms with Gasteiger partial charge in [-0.1, -0.05) is 33.4 Å². The zero-order chi connectivity index (χ0) is 13.5. The molecule has 0 saturated carbocycles. The minimum atomic E-state index is -1.77. The molecule has 0 aromatic carbocycles. The molecule has 0 spiro atoms. The standard InChI is InChI=1S/C13H23IO2Si/c1-7-13(15)9-10(8-11(13)14)16-17(5,6)12(2,3)4/h7-8,10,15H,1,9H2,2-6H3/t10-,13-/m1/s1. The first-order chi connectivity index (χ1) is 7.52. The second-order valence-electron chi connectivity index (χ2n) is 6.26. The maximum atomic E-state index is 10.3. The van der Waals surface area contributed by atoms with Crippen molar-refractivity contribution < 1.29 is 9.53 Å². The molecule has 0 saturated heterocycles. The van der Waals surface area contributed by atoms with Crippen LogP contribution in [0.25, 0.3) is 0 Å². The van der Waals surface area contributed by atoms with Gasteiger partial charge in [0.15, 0.2) is 8.32 Å². The van der Waals surface area contributed by atoms with Crippen molar-refractivity contribution >= 4 is 30.9 Å². The molecule has 1 N–H and O–H groups in total. The molecule has 0 unspecified atom stereocenters. The van der Waals surface area contributed by atoms with Gasteiger partial charge in [-0.2, -0.15) is 0 Å². The summed E-state index contributed by atoms with van der Waals surface area (Å²) in [4.78, 5) is 0. The van der Waals surface area contributed by atoms with E-state index in [-0.39, 0.29) is 11.1 Å². The van der Waals surface area contributed by atoms with Gasteiger partial charge in [-0.15, -0.1) is 0 Å². The maximum absolute atomic E-state index is 10.3. The van der Waals surface area contributed by atoms with Crippen molar-refractivity contribution in [2.24, 2.45) is 0 Å². The number of halogens is 1. The van der Waals surface area contributed by atoms with Crippen molar-refractivity contribution in [1.29, 1.82) is 0 Å². The van der Waals surface area contributed by atoms with Gasteiger partial charge in [-0.05, 0) is 46.8 Å². The molecule has 98 valence electrons. The smallest absolute Gasteiger partial charge is 0.192 e. The molecule has 1 aliphatic carbocycles. The molecule has 0 bridgehead atoms. The number of aliphatic hydroxyl groups is 1. The van der Waals surface area contributed by atoms with E-state index in [1.165, 1.54) is 0 Å². The Kier molecular flexibility index (Phi) is 4.34. The van der Waals surface area contributed by atoms with E-state index >= 15 is 0 Å². The summed E-state index contributed by atoms with van der Waals surface area (Å²) < 4.78 is 7.21. The first kappa shape index (κ1) is 15.4. The molecule has 0 radical (unpaired) electrons. The normalized spacial score (nSPS) is 30.3. The Morgan fingerprint density at radius 3 is 2.47 bits per heavy atom. The third-order valence-corrected chi connectivity index (χ3v) is 9.65. The molecule has 0 fully saturated rings. The SMILES string of the molecule is C=C[C@@]1(O)C[C@H](O[Si](C)(C)C(C)(C)C)C=C1I. The van der Waals surface area contributed by atoms with Gasteiger partial charge < -0.3 is 9.53 Å². The Morgan fingerprint density at radius 2 is 2.12 bits per heavy atom. The predicted molar refractivity (Wildman–Crippen MR) is 83.9 cm³/mol. The second-order valence-corrected chi connectivity index (χ2v) is 12.2. The minimum Gasteiger partial charge on any atom is -0.410 e. The Hall–Kier alpha value is 0.347. The van der Waals surface area contributed by atoms with Gasteiger partial charge in [0.1, 0.15) is 5.60 Å². The third-order valence-electron chi connectivity index (χ3n) is 3.85. The average molecular weight is 366 g/mol. The molecular formula is C13H23IO2Si. The molecule has 2 nitrogen and oxygen atoms in total. The Morgan fingerprint density at radius 1 is 1.59 bits per heavy atom. The summed E-state index contributed by atoms with van der Waals surface area (Å²) in [5, 5.41) is 10.5. The molecule has 17 heavy (non-hydrogen) atoms. The van der Waals surface area contributed by atoms with E-state index in [9.17, 15) is 5.11 Å². The van der Waals surface area contributed by atoms with Crippen LogP contribution in [0.2, 0.25) is 18.1 Å². The fraction of sp³-hybridized carbons (Fsp3) is 0.692. The zero-order valence-corrected chi connectivity index (χ0v) is 14.5. The Bertz CT molecular complexity index is 344. The van der Waals surface area contributed by atoms with E-state index in [2.05, 4.69) is 63.0 Å². The lowest BCUT2D eigenvalue weighted by atomic mass is 10.0. The van der Waals surface area contributed by atoms with Crippen LogP contribution in [0.5, 0.6) is 0 Å². The van der Waals surface area contributed by atoms with Gasteiger partial charge in [-0.25, -0.2) is 0 Å². The predicted octanol–water partition coefficient (Wildman–Crippen LogP) is 4.02. The fourth-order valence-electron chi connectivity index (χ4n) is 1.58. The van der Waals surface area contributed by atoms with Crippen LogP contribution in [0, 0.1) is 0 Å². The first-order valence-corrected chi connectivity index (χ1v) is 9.92. The van der Waals surface area contributed by atoms with E-state index in [1.54, 1.807) is 6.08 Å². The molecule has 0 aliphatic heterocycles. The molecule has 0 amide bonds. The van der Waals surface area contributed by atoms with Crippen LogP contribution in [0.4, 0.5) is 0 Å². The van der Waals surface area contributed by atoms with Gasteiger partial charge in [-0.3, -0.25) is 0 Å². The summed E-state index contributed by atoms with van der Waals surface area (Å²) >= 11 is 2.17. The van der Waals surface area contributed by atoms with Crippen molar-refractivity contribution in [2.75, 3.05) is 0 Å². The van der Waals surface area contributed by atoms with Crippen LogP contribution in [0.1, 0.15) is 27.2 Å². The summed E-state index contributed by atoms with van der Waals surface area (Å²) in [7, 11) is -1.77. The quantitative estimate of drug-likeness (QED) is 0.465. The Balaban J connectivity index is 2.79. The molecule has 0 aromatic rings. The zero-order valence-electron chi connectivity index (χ0n) is 11.4. The van der Waals surface area contributed by atoms with E-state index in [4.69, 9.17) is 4.43 Å². The monoisotopic (exact) mass is 366 g/mol. The number of rotatable bonds is 3. The van der Waals surface area contributed by atoms with E-state index in [0.717, 1.165) is 3.58 Å². The highest BCUT2D eigenvalue weighted by Crippen LogP contribution is 2.42. The summed E-state index contributed by atoms with van der Waals surface area (Å²) in [5.41, 5.74) is -0.881. The lowest BCUT2D eigenvalue weighted by Crippen LogP contribution is -2.43. The van der Waals surface area contributed by atoms with Gasteiger partial charge in [0.2, 0.25) is 0 Å². The fourth-order valence-corrected chi connectivity index (χ4v) is 3.69. The maximum Gasteiger partial charge on any atom is 0.192 e. The van der Waals surface area contributed by atoms with Crippen LogP contribution in [0.3, 0.4) is 0 Å². The van der Waals surface area contributed by atoms with E-state index in [1.807, 2.05) is 6.08 Å². The second kappa shape index (κ2) is 4.79. The summed E-state index contributed by atoms with van der Waals surface area (Å²) in [6.45, 7) is 14.8. The van der Waals surface area contributed by atoms with Crippen LogP contribution in [-0.2, 0) is 4.43 Å². The van der Waals surface area contributed by atoms with E-state index < -0.39 is 13.9 Å². The van der Waals surface area contributed by atoms with Crippen LogP contribution >= 0.6 is 22.6 Å². The topological polar surface area (TPSA) is 29.5 Å². The van der Waals surface area contributed by atoms with Gasteiger partial charge in [0.25, 0.3) is 0 Å². The molecule has 0 aromatic heterocycles. The first-order valence-electron chi connectivity index (χ1n) is 5.93. The van der Waals surface area contributed by atoms with Gasteiger partial charge in [0, 0.05) is 10.0 Å². The molecular weight excluding hydrogens is 343 g/mol. The molecule has 0 heterocycles. The summed E-state index contributed by atoms with van der Waals surface area (Å²) in [6, 6.07) is 0. The van der Waals surface area contributed by atoms with Crippen LogP contribution < -0.4 is 0 Å². The minimum absolute atomic E-state index is 0.0193. The van der Waals surface area contributed by atoms with Crippen molar-refractivity contribution in [1.82, 2.24) is 0 Å².